The number of likely N-dealkylation sites (tertiary alicyclic amines) is 1. The van der Waals surface area contributed by atoms with Gasteiger partial charge in [0.2, 0.25) is 36.9 Å². The number of ether oxygens (including phenoxy) is 4. The van der Waals surface area contributed by atoms with E-state index in [9.17, 15) is 38.6 Å². The van der Waals surface area contributed by atoms with Gasteiger partial charge in [-0.2, -0.15) is 5.26 Å². The SMILES string of the molecule is CC(C)OC(=O)OCOP(=O)(OCOC(=O)OC(C)C)[C@H](F)c1ccc2sc(C(=O)N[C@H]3CCCC[C@H]4CC[C@@H](C(=O)N5C[C@H](c6cc[nH]c(=O)c6)[C@@H](C#N)C5)N4C3=O)cc2c1. The Hall–Kier alpha value is -5.35. The molecule has 334 valence electrons. The first-order valence-corrected chi connectivity index (χ1v) is 22.7. The lowest BCUT2D eigenvalue weighted by molar-refractivity contribution is -0.146. The van der Waals surface area contributed by atoms with Gasteiger partial charge in [-0.1, -0.05) is 18.9 Å². The summed E-state index contributed by atoms with van der Waals surface area (Å²) < 4.78 is 59.9. The molecule has 18 nitrogen and oxygen atoms in total. The van der Waals surface area contributed by atoms with Crippen LogP contribution in [0, 0.1) is 17.2 Å². The average Bonchev–Trinajstić information content (AvgIpc) is 3.97. The van der Waals surface area contributed by atoms with Gasteiger partial charge in [0.25, 0.3) is 5.91 Å². The zero-order valence-electron chi connectivity index (χ0n) is 34.6. The van der Waals surface area contributed by atoms with Crippen LogP contribution in [0.4, 0.5) is 14.0 Å². The fourth-order valence-corrected chi connectivity index (χ4v) is 10.1. The summed E-state index contributed by atoms with van der Waals surface area (Å²) in [4.78, 5) is 84.0. The molecule has 3 aliphatic rings. The monoisotopic (exact) mass is 901 g/mol. The number of nitrogens with one attached hydrogen (secondary N) is 2. The third kappa shape index (κ3) is 11.0. The number of H-pyrrole nitrogens is 1. The topological polar surface area (TPSA) is 233 Å². The van der Waals surface area contributed by atoms with Crippen molar-refractivity contribution in [2.75, 3.05) is 26.7 Å². The highest BCUT2D eigenvalue weighted by molar-refractivity contribution is 7.54. The predicted molar refractivity (Wildman–Crippen MR) is 219 cm³/mol. The van der Waals surface area contributed by atoms with E-state index in [1.165, 1.54) is 36.5 Å². The highest BCUT2D eigenvalue weighted by atomic mass is 32.1. The molecule has 3 amide bonds. The van der Waals surface area contributed by atoms with Crippen molar-refractivity contribution in [3.8, 4) is 6.07 Å². The van der Waals surface area contributed by atoms with Crippen LogP contribution in [0.1, 0.15) is 98.8 Å². The summed E-state index contributed by atoms with van der Waals surface area (Å²) >= 11 is 1.08. The van der Waals surface area contributed by atoms with Gasteiger partial charge >= 0.3 is 19.9 Å². The molecule has 0 bridgehead atoms. The Morgan fingerprint density at radius 3 is 2.26 bits per heavy atom. The standard InChI is InChI=1S/C41H49FN5O13PS/c1-23(2)59-40(52)55-21-57-61(54,58-22-56-41(53)60-24(3)4)36(42)26-9-12-33-27(15-26)16-34(62-33)37(49)45-31-8-6-5-7-29-10-11-32(47(29)38(31)50)39(51)46-19-28(18-43)30(20-46)25-13-14-44-35(48)17-25/h9,12-17,23-24,28-32,36H,5-8,10-11,19-22H2,1-4H3,(H,44,48)(H,45,49)/t28-,29-,30+,31-,32-,36-/m0/s1. The maximum atomic E-state index is 16.2. The van der Waals surface area contributed by atoms with E-state index in [1.807, 2.05) is 0 Å². The Kier molecular flexibility index (Phi) is 15.1. The lowest BCUT2D eigenvalue weighted by Gasteiger charge is -2.36. The van der Waals surface area contributed by atoms with Crippen molar-refractivity contribution >= 4 is 59.1 Å². The number of benzene rings is 1. The zero-order chi connectivity index (χ0) is 44.7. The number of hydrogen-bond donors (Lipinski definition) is 2. The molecule has 6 rings (SSSR count). The number of halogens is 1. The molecule has 3 fully saturated rings. The molecular weight excluding hydrogens is 853 g/mol. The number of rotatable bonds is 14. The molecule has 21 heteroatoms. The number of thiophene rings is 1. The quantitative estimate of drug-likeness (QED) is 0.0984. The molecule has 0 unspecified atom stereocenters. The number of aromatic amines is 1. The van der Waals surface area contributed by atoms with Gasteiger partial charge in [0.15, 0.2) is 0 Å². The molecule has 0 saturated carbocycles. The Morgan fingerprint density at radius 2 is 1.61 bits per heavy atom. The van der Waals surface area contributed by atoms with E-state index >= 15 is 4.39 Å². The van der Waals surface area contributed by atoms with Gasteiger partial charge in [-0.25, -0.2) is 14.0 Å². The summed E-state index contributed by atoms with van der Waals surface area (Å²) in [5.41, 5.74) is 0.157. The summed E-state index contributed by atoms with van der Waals surface area (Å²) in [6, 6.07) is 9.14. The Labute approximate surface area is 360 Å². The minimum atomic E-state index is -4.90. The molecule has 6 atom stereocenters. The largest absolute Gasteiger partial charge is 0.510 e. The van der Waals surface area contributed by atoms with Gasteiger partial charge < -0.3 is 39.0 Å². The molecule has 5 heterocycles. The van der Waals surface area contributed by atoms with Crippen LogP contribution in [0.15, 0.2) is 47.4 Å². The zero-order valence-corrected chi connectivity index (χ0v) is 36.3. The van der Waals surface area contributed by atoms with Crippen LogP contribution >= 0.6 is 18.9 Å². The Balaban J connectivity index is 1.15. The molecule has 3 aromatic rings. The van der Waals surface area contributed by atoms with Crippen LogP contribution in [0.5, 0.6) is 0 Å². The van der Waals surface area contributed by atoms with Crippen LogP contribution in [-0.4, -0.2) is 102 Å². The first kappa shape index (κ1) is 46.2. The van der Waals surface area contributed by atoms with E-state index in [4.69, 9.17) is 28.0 Å². The smallest absolute Gasteiger partial charge is 0.432 e. The van der Waals surface area contributed by atoms with Gasteiger partial charge in [0.1, 0.15) is 12.1 Å². The number of carbonyl (C=O) groups excluding carboxylic acids is 5. The van der Waals surface area contributed by atoms with Crippen LogP contribution in [0.3, 0.4) is 0 Å². The molecule has 2 aromatic heterocycles. The van der Waals surface area contributed by atoms with Crippen LogP contribution in [0.2, 0.25) is 0 Å². The first-order valence-electron chi connectivity index (χ1n) is 20.3. The summed E-state index contributed by atoms with van der Waals surface area (Å²) in [7, 11) is -4.90. The minimum absolute atomic E-state index is 0.164. The van der Waals surface area contributed by atoms with Crippen molar-refractivity contribution in [2.24, 2.45) is 5.92 Å². The number of aromatic nitrogens is 1. The lowest BCUT2D eigenvalue weighted by Crippen LogP contribution is -2.56. The highest BCUT2D eigenvalue weighted by Crippen LogP contribution is 2.62. The molecule has 62 heavy (non-hydrogen) atoms. The molecule has 3 aliphatic heterocycles. The van der Waals surface area contributed by atoms with Gasteiger partial charge in [-0.15, -0.1) is 11.3 Å². The van der Waals surface area contributed by atoms with E-state index < -0.39 is 75.5 Å². The third-order valence-electron chi connectivity index (χ3n) is 10.7. The fourth-order valence-electron chi connectivity index (χ4n) is 7.91. The highest BCUT2D eigenvalue weighted by Gasteiger charge is 2.47. The summed E-state index contributed by atoms with van der Waals surface area (Å²) in [5, 5.41) is 13.2. The second-order valence-electron chi connectivity index (χ2n) is 15.8. The number of carbonyl (C=O) groups is 5. The van der Waals surface area contributed by atoms with E-state index in [0.717, 1.165) is 17.8 Å². The summed E-state index contributed by atoms with van der Waals surface area (Å²) in [5.74, 6) is -4.59. The minimum Gasteiger partial charge on any atom is -0.432 e. The number of pyridine rings is 1. The van der Waals surface area contributed by atoms with Crippen LogP contribution in [-0.2, 0) is 42.1 Å². The van der Waals surface area contributed by atoms with Gasteiger partial charge in [0, 0.05) is 42.0 Å². The molecule has 0 spiro atoms. The van der Waals surface area contributed by atoms with E-state index in [2.05, 4.69) is 16.4 Å². The predicted octanol–water partition coefficient (Wildman–Crippen LogP) is 6.62. The van der Waals surface area contributed by atoms with Crippen molar-refractivity contribution in [3.63, 3.8) is 0 Å². The molecule has 0 aliphatic carbocycles. The van der Waals surface area contributed by atoms with Crippen molar-refractivity contribution < 1.29 is 60.9 Å². The number of nitriles is 1. The number of nitrogens with zero attached hydrogens (tertiary/aromatic N) is 3. The maximum Gasteiger partial charge on any atom is 0.510 e. The molecule has 2 N–H and O–H groups in total. The normalized spacial score (nSPS) is 22.1. The number of amides is 3. The maximum absolute atomic E-state index is 16.2. The van der Waals surface area contributed by atoms with Crippen molar-refractivity contribution in [1.82, 2.24) is 20.1 Å². The van der Waals surface area contributed by atoms with Crippen molar-refractivity contribution in [3.05, 3.63) is 69.0 Å². The van der Waals surface area contributed by atoms with Gasteiger partial charge in [-0.05, 0) is 94.2 Å². The molecule has 1 aromatic carbocycles. The number of alkyl halides is 1. The second-order valence-corrected chi connectivity index (χ2v) is 18.9. The van der Waals surface area contributed by atoms with Crippen molar-refractivity contribution in [2.45, 2.75) is 108 Å². The van der Waals surface area contributed by atoms with E-state index in [0.29, 0.717) is 47.8 Å². The Bertz CT molecular complexity index is 2270. The van der Waals surface area contributed by atoms with E-state index in [1.54, 1.807) is 43.6 Å². The summed E-state index contributed by atoms with van der Waals surface area (Å²) in [6.45, 7) is 4.58. The van der Waals surface area contributed by atoms with Gasteiger partial charge in [-0.3, -0.25) is 32.8 Å². The Morgan fingerprint density at radius 1 is 0.935 bits per heavy atom. The molecular formula is C41H49FN5O13PS. The van der Waals surface area contributed by atoms with E-state index in [-0.39, 0.29) is 52.9 Å². The third-order valence-corrected chi connectivity index (χ3v) is 13.6. The number of hydrogen-bond acceptors (Lipinski definition) is 15. The molecule has 0 radical (unpaired) electrons. The second kappa shape index (κ2) is 20.2. The first-order chi connectivity index (χ1) is 29.6. The molecule has 3 saturated heterocycles. The summed E-state index contributed by atoms with van der Waals surface area (Å²) in [6.07, 6.45) is 1.61. The van der Waals surface area contributed by atoms with Crippen LogP contribution < -0.4 is 10.9 Å². The van der Waals surface area contributed by atoms with Crippen molar-refractivity contribution in [1.29, 1.82) is 5.26 Å². The lowest BCUT2D eigenvalue weighted by atomic mass is 9.91. The van der Waals surface area contributed by atoms with Crippen LogP contribution in [0.25, 0.3) is 10.1 Å². The number of fused-ring (bicyclic) bond motifs is 2. The fraction of sp³-hybridized carbons (Fsp3) is 0.537. The average molecular weight is 902 g/mol. The van der Waals surface area contributed by atoms with Gasteiger partial charge in [0.05, 0.1) is 29.1 Å².